The zero-order valence-corrected chi connectivity index (χ0v) is 12.9. The Balaban J connectivity index is 2.19. The van der Waals surface area contributed by atoms with E-state index in [9.17, 15) is 0 Å². The fraction of sp³-hybridized carbons (Fsp3) is 1.00. The van der Waals surface area contributed by atoms with Gasteiger partial charge in [-0.1, -0.05) is 13.8 Å². The Hall–Kier alpha value is 0.270. The summed E-state index contributed by atoms with van der Waals surface area (Å²) in [5.74, 6) is 0.886. The van der Waals surface area contributed by atoms with Gasteiger partial charge in [-0.2, -0.15) is 11.8 Å². The van der Waals surface area contributed by atoms with Gasteiger partial charge in [-0.25, -0.2) is 0 Å². The Kier molecular flexibility index (Phi) is 7.56. The minimum atomic E-state index is 0.688. The number of nitrogens with one attached hydrogen (secondary N) is 1. The standard InChI is InChI=1S/C14H30N2S/c1-5-8-16-9-6-14(7-10-16)13(3)15-11-12(2)17-4/h12-15H,5-11H2,1-4H3. The van der Waals surface area contributed by atoms with Crippen molar-refractivity contribution in [3.63, 3.8) is 0 Å². The maximum absolute atomic E-state index is 3.71. The molecule has 0 saturated carbocycles. The van der Waals surface area contributed by atoms with E-state index >= 15 is 0 Å². The fourth-order valence-electron chi connectivity index (χ4n) is 2.59. The topological polar surface area (TPSA) is 15.3 Å². The SMILES string of the molecule is CCCN1CCC(C(C)NCC(C)SC)CC1. The van der Waals surface area contributed by atoms with E-state index in [2.05, 4.69) is 37.2 Å². The van der Waals surface area contributed by atoms with Gasteiger partial charge in [0, 0.05) is 17.8 Å². The molecule has 0 amide bonds. The van der Waals surface area contributed by atoms with E-state index in [4.69, 9.17) is 0 Å². The van der Waals surface area contributed by atoms with Crippen LogP contribution < -0.4 is 5.32 Å². The van der Waals surface area contributed by atoms with Crippen molar-refractivity contribution in [1.82, 2.24) is 10.2 Å². The molecule has 0 spiro atoms. The van der Waals surface area contributed by atoms with Crippen molar-refractivity contribution < 1.29 is 0 Å². The summed E-state index contributed by atoms with van der Waals surface area (Å²) in [5.41, 5.74) is 0. The molecule has 2 unspecified atom stereocenters. The number of piperidine rings is 1. The lowest BCUT2D eigenvalue weighted by atomic mass is 9.90. The normalized spacial score (nSPS) is 22.6. The summed E-state index contributed by atoms with van der Waals surface area (Å²) in [7, 11) is 0. The predicted molar refractivity (Wildman–Crippen MR) is 79.9 cm³/mol. The van der Waals surface area contributed by atoms with E-state index in [-0.39, 0.29) is 0 Å². The van der Waals surface area contributed by atoms with E-state index in [0.29, 0.717) is 6.04 Å². The maximum Gasteiger partial charge on any atom is 0.0141 e. The minimum absolute atomic E-state index is 0.688. The van der Waals surface area contributed by atoms with Gasteiger partial charge in [-0.05, 0) is 58.0 Å². The molecule has 1 N–H and O–H groups in total. The molecule has 2 atom stereocenters. The van der Waals surface area contributed by atoms with Crippen LogP contribution in [0, 0.1) is 5.92 Å². The molecule has 0 aromatic heterocycles. The van der Waals surface area contributed by atoms with Crippen molar-refractivity contribution in [2.24, 2.45) is 5.92 Å². The molecular formula is C14H30N2S. The summed E-state index contributed by atoms with van der Waals surface area (Å²) >= 11 is 1.95. The third kappa shape index (κ3) is 5.62. The molecule has 2 nitrogen and oxygen atoms in total. The summed E-state index contributed by atoms with van der Waals surface area (Å²) in [5, 5.41) is 4.44. The molecule has 102 valence electrons. The average Bonchev–Trinajstić information content (AvgIpc) is 2.36. The van der Waals surface area contributed by atoms with Crippen LogP contribution in [0.1, 0.15) is 40.0 Å². The Morgan fingerprint density at radius 3 is 2.47 bits per heavy atom. The van der Waals surface area contributed by atoms with Crippen LogP contribution in [0.25, 0.3) is 0 Å². The van der Waals surface area contributed by atoms with Crippen LogP contribution in [-0.2, 0) is 0 Å². The molecule has 1 aliphatic heterocycles. The minimum Gasteiger partial charge on any atom is -0.313 e. The van der Waals surface area contributed by atoms with Crippen molar-refractivity contribution in [3.05, 3.63) is 0 Å². The van der Waals surface area contributed by atoms with Crippen LogP contribution >= 0.6 is 11.8 Å². The van der Waals surface area contributed by atoms with Gasteiger partial charge < -0.3 is 10.2 Å². The van der Waals surface area contributed by atoms with E-state index in [0.717, 1.165) is 17.7 Å². The largest absolute Gasteiger partial charge is 0.313 e. The molecule has 1 aliphatic rings. The van der Waals surface area contributed by atoms with Crippen molar-refractivity contribution in [2.75, 3.05) is 32.4 Å². The summed E-state index contributed by atoms with van der Waals surface area (Å²) in [6.07, 6.45) is 6.24. The highest BCUT2D eigenvalue weighted by Gasteiger charge is 2.23. The Morgan fingerprint density at radius 2 is 1.94 bits per heavy atom. The molecular weight excluding hydrogens is 228 g/mol. The van der Waals surface area contributed by atoms with Gasteiger partial charge in [0.1, 0.15) is 0 Å². The Labute approximate surface area is 112 Å². The zero-order chi connectivity index (χ0) is 12.7. The van der Waals surface area contributed by atoms with E-state index < -0.39 is 0 Å². The lowest BCUT2D eigenvalue weighted by molar-refractivity contribution is 0.163. The van der Waals surface area contributed by atoms with Crippen LogP contribution in [0.15, 0.2) is 0 Å². The van der Waals surface area contributed by atoms with Crippen LogP contribution in [0.4, 0.5) is 0 Å². The lowest BCUT2D eigenvalue weighted by Gasteiger charge is -2.35. The van der Waals surface area contributed by atoms with Crippen molar-refractivity contribution >= 4 is 11.8 Å². The molecule has 17 heavy (non-hydrogen) atoms. The molecule has 1 heterocycles. The molecule has 1 fully saturated rings. The van der Waals surface area contributed by atoms with E-state index in [1.54, 1.807) is 0 Å². The Bertz CT molecular complexity index is 191. The van der Waals surface area contributed by atoms with Crippen molar-refractivity contribution in [1.29, 1.82) is 0 Å². The average molecular weight is 258 g/mol. The third-order valence-corrected chi connectivity index (χ3v) is 4.98. The lowest BCUT2D eigenvalue weighted by Crippen LogP contribution is -2.43. The number of thioether (sulfide) groups is 1. The first-order chi connectivity index (χ1) is 8.17. The summed E-state index contributed by atoms with van der Waals surface area (Å²) < 4.78 is 0. The molecule has 0 radical (unpaired) electrons. The summed E-state index contributed by atoms with van der Waals surface area (Å²) in [4.78, 5) is 2.62. The number of rotatable bonds is 7. The Morgan fingerprint density at radius 1 is 1.29 bits per heavy atom. The summed E-state index contributed by atoms with van der Waals surface area (Å²) in [6, 6.07) is 0.688. The molecule has 0 aromatic rings. The van der Waals surface area contributed by atoms with Gasteiger partial charge in [-0.3, -0.25) is 0 Å². The van der Waals surface area contributed by atoms with Gasteiger partial charge in [0.15, 0.2) is 0 Å². The van der Waals surface area contributed by atoms with E-state index in [1.165, 1.54) is 38.9 Å². The molecule has 0 aromatic carbocycles. The quantitative estimate of drug-likeness (QED) is 0.756. The second-order valence-electron chi connectivity index (χ2n) is 5.42. The molecule has 3 heteroatoms. The number of hydrogen-bond donors (Lipinski definition) is 1. The first-order valence-electron chi connectivity index (χ1n) is 7.15. The molecule has 0 bridgehead atoms. The third-order valence-electron chi connectivity index (χ3n) is 4.01. The van der Waals surface area contributed by atoms with Crippen molar-refractivity contribution in [2.45, 2.75) is 51.3 Å². The first-order valence-corrected chi connectivity index (χ1v) is 8.44. The van der Waals surface area contributed by atoms with Crippen LogP contribution in [0.5, 0.6) is 0 Å². The van der Waals surface area contributed by atoms with Crippen LogP contribution in [0.2, 0.25) is 0 Å². The fourth-order valence-corrected chi connectivity index (χ4v) is 2.86. The predicted octanol–water partition coefficient (Wildman–Crippen LogP) is 2.84. The van der Waals surface area contributed by atoms with Gasteiger partial charge in [0.2, 0.25) is 0 Å². The molecule has 0 aliphatic carbocycles. The number of nitrogens with zero attached hydrogens (tertiary/aromatic N) is 1. The molecule has 1 rings (SSSR count). The van der Waals surface area contributed by atoms with Crippen molar-refractivity contribution in [3.8, 4) is 0 Å². The molecule has 1 saturated heterocycles. The second-order valence-corrected chi connectivity index (χ2v) is 6.70. The van der Waals surface area contributed by atoms with Gasteiger partial charge in [-0.15, -0.1) is 0 Å². The van der Waals surface area contributed by atoms with Gasteiger partial charge in [0.05, 0.1) is 0 Å². The highest BCUT2D eigenvalue weighted by molar-refractivity contribution is 7.99. The van der Waals surface area contributed by atoms with Crippen LogP contribution in [0.3, 0.4) is 0 Å². The second kappa shape index (κ2) is 8.39. The highest BCUT2D eigenvalue weighted by Crippen LogP contribution is 2.20. The monoisotopic (exact) mass is 258 g/mol. The summed E-state index contributed by atoms with van der Waals surface area (Å²) in [6.45, 7) is 12.0. The number of likely N-dealkylation sites (tertiary alicyclic amines) is 1. The smallest absolute Gasteiger partial charge is 0.0141 e. The first kappa shape index (κ1) is 15.3. The maximum atomic E-state index is 3.71. The van der Waals surface area contributed by atoms with E-state index in [1.807, 2.05) is 11.8 Å². The number of hydrogen-bond acceptors (Lipinski definition) is 3. The zero-order valence-electron chi connectivity index (χ0n) is 12.0. The van der Waals surface area contributed by atoms with Gasteiger partial charge >= 0.3 is 0 Å². The van der Waals surface area contributed by atoms with Gasteiger partial charge in [0.25, 0.3) is 0 Å². The van der Waals surface area contributed by atoms with Crippen LogP contribution in [-0.4, -0.2) is 48.6 Å². The highest BCUT2D eigenvalue weighted by atomic mass is 32.2.